The predicted molar refractivity (Wildman–Crippen MR) is 129 cm³/mol. The Morgan fingerprint density at radius 2 is 1.79 bits per heavy atom. The van der Waals surface area contributed by atoms with Gasteiger partial charge in [0.05, 0.1) is 24.9 Å². The lowest BCUT2D eigenvalue weighted by Crippen LogP contribution is -2.25. The second-order valence-corrected chi connectivity index (χ2v) is 9.86. The summed E-state index contributed by atoms with van der Waals surface area (Å²) in [5, 5.41) is 8.58. The zero-order valence-electron chi connectivity index (χ0n) is 20.1. The lowest BCUT2D eigenvalue weighted by atomic mass is 9.99. The molecule has 0 bridgehead atoms. The van der Waals surface area contributed by atoms with Gasteiger partial charge >= 0.3 is 5.97 Å². The van der Waals surface area contributed by atoms with Gasteiger partial charge in [-0.3, -0.25) is 4.79 Å². The van der Waals surface area contributed by atoms with Crippen molar-refractivity contribution in [2.75, 3.05) is 7.11 Å². The molecule has 5 nitrogen and oxygen atoms in total. The molecule has 0 radical (unpaired) electrons. The van der Waals surface area contributed by atoms with E-state index in [1.165, 1.54) is 11.1 Å². The molecule has 2 aromatic carbocycles. The number of carbonyl (C=O) groups excluding carboxylic acids is 1. The first-order valence-electron chi connectivity index (χ1n) is 11.5. The first-order valence-corrected chi connectivity index (χ1v) is 11.5. The highest BCUT2D eigenvalue weighted by Crippen LogP contribution is 2.52. The summed E-state index contributed by atoms with van der Waals surface area (Å²) in [6.07, 6.45) is 4.33. The minimum Gasteiger partial charge on any atom is -0.496 e. The van der Waals surface area contributed by atoms with Crippen molar-refractivity contribution in [1.29, 1.82) is 0 Å². The molecule has 0 N–H and O–H groups in total. The molecular weight excluding hydrogens is 412 g/mol. The number of carbonyl (C=O) groups is 1. The Morgan fingerprint density at radius 1 is 1.03 bits per heavy atom. The molecule has 1 aromatic heterocycles. The van der Waals surface area contributed by atoms with E-state index < -0.39 is 5.60 Å². The van der Waals surface area contributed by atoms with Gasteiger partial charge < -0.3 is 9.47 Å². The number of esters is 1. The second-order valence-electron chi connectivity index (χ2n) is 9.86. The highest BCUT2D eigenvalue weighted by atomic mass is 16.6. The van der Waals surface area contributed by atoms with Crippen LogP contribution in [0.2, 0.25) is 0 Å². The molecule has 172 valence electrons. The smallest absolute Gasteiger partial charge is 0.310 e. The van der Waals surface area contributed by atoms with Gasteiger partial charge in [-0.2, -0.15) is 10.2 Å². The maximum absolute atomic E-state index is 12.5. The quantitative estimate of drug-likeness (QED) is 0.438. The van der Waals surface area contributed by atoms with Crippen LogP contribution in [-0.4, -0.2) is 28.9 Å². The summed E-state index contributed by atoms with van der Waals surface area (Å²) in [5.41, 5.74) is 6.15. The molecule has 5 heteroatoms. The molecule has 1 saturated carbocycles. The summed E-state index contributed by atoms with van der Waals surface area (Å²) in [4.78, 5) is 12.5. The van der Waals surface area contributed by atoms with E-state index in [1.807, 2.05) is 32.9 Å². The highest BCUT2D eigenvalue weighted by Gasteiger charge is 2.47. The summed E-state index contributed by atoms with van der Waals surface area (Å²) in [6.45, 7) is 7.79. The zero-order chi connectivity index (χ0) is 23.6. The van der Waals surface area contributed by atoms with Crippen molar-refractivity contribution in [3.8, 4) is 16.9 Å². The fourth-order valence-electron chi connectivity index (χ4n) is 4.10. The van der Waals surface area contributed by atoms with Crippen LogP contribution in [0, 0.1) is 12.8 Å². The van der Waals surface area contributed by atoms with Gasteiger partial charge in [-0.25, -0.2) is 0 Å². The van der Waals surface area contributed by atoms with E-state index in [1.54, 1.807) is 13.3 Å². The molecule has 1 aliphatic carbocycles. The Labute approximate surface area is 196 Å². The molecule has 2 atom stereocenters. The second kappa shape index (κ2) is 9.34. The Balaban J connectivity index is 1.51. The number of nitrogens with zero attached hydrogens (tertiary/aromatic N) is 2. The van der Waals surface area contributed by atoms with E-state index in [0.717, 1.165) is 47.4 Å². The Kier molecular flexibility index (Phi) is 6.50. The molecule has 0 spiro atoms. The van der Waals surface area contributed by atoms with Gasteiger partial charge in [0, 0.05) is 11.5 Å². The van der Waals surface area contributed by atoms with Crippen LogP contribution in [0.15, 0.2) is 54.7 Å². The van der Waals surface area contributed by atoms with Crippen LogP contribution >= 0.6 is 0 Å². The SMILES string of the molecule is COc1ccc(-c2cnnc(CCc3ccc(C)cc3)c2)cc1C1CC1C(=O)OC(C)(C)C. The fourth-order valence-corrected chi connectivity index (χ4v) is 4.10. The molecule has 4 rings (SSSR count). The fraction of sp³-hybridized carbons (Fsp3) is 0.393. The first kappa shape index (κ1) is 23.0. The van der Waals surface area contributed by atoms with Crippen molar-refractivity contribution in [1.82, 2.24) is 10.2 Å². The highest BCUT2D eigenvalue weighted by molar-refractivity contribution is 5.78. The molecule has 33 heavy (non-hydrogen) atoms. The first-order chi connectivity index (χ1) is 15.7. The van der Waals surface area contributed by atoms with Crippen LogP contribution in [0.5, 0.6) is 5.75 Å². The van der Waals surface area contributed by atoms with Crippen molar-refractivity contribution < 1.29 is 14.3 Å². The zero-order valence-corrected chi connectivity index (χ0v) is 20.1. The third-order valence-electron chi connectivity index (χ3n) is 5.96. The number of hydrogen-bond donors (Lipinski definition) is 0. The molecule has 0 saturated heterocycles. The summed E-state index contributed by atoms with van der Waals surface area (Å²) in [7, 11) is 1.67. The third kappa shape index (κ3) is 5.78. The number of methoxy groups -OCH3 is 1. The minimum absolute atomic E-state index is 0.116. The number of hydrogen-bond acceptors (Lipinski definition) is 5. The van der Waals surface area contributed by atoms with Crippen LogP contribution in [0.4, 0.5) is 0 Å². The van der Waals surface area contributed by atoms with Gasteiger partial charge in [-0.1, -0.05) is 35.9 Å². The number of aryl methyl sites for hydroxylation is 3. The normalized spacial score (nSPS) is 17.5. The third-order valence-corrected chi connectivity index (χ3v) is 5.96. The Hall–Kier alpha value is -3.21. The van der Waals surface area contributed by atoms with E-state index in [-0.39, 0.29) is 17.8 Å². The van der Waals surface area contributed by atoms with Gasteiger partial charge in [-0.15, -0.1) is 0 Å². The van der Waals surface area contributed by atoms with E-state index in [9.17, 15) is 4.79 Å². The van der Waals surface area contributed by atoms with Crippen molar-refractivity contribution in [3.63, 3.8) is 0 Å². The molecule has 1 heterocycles. The lowest BCUT2D eigenvalue weighted by Gasteiger charge is -2.19. The number of rotatable bonds is 7. The summed E-state index contributed by atoms with van der Waals surface area (Å²) >= 11 is 0. The molecule has 3 aromatic rings. The van der Waals surface area contributed by atoms with Crippen molar-refractivity contribution in [3.05, 3.63) is 77.1 Å². The summed E-state index contributed by atoms with van der Waals surface area (Å²) < 4.78 is 11.2. The topological polar surface area (TPSA) is 61.3 Å². The molecule has 0 amide bonds. The largest absolute Gasteiger partial charge is 0.496 e. The minimum atomic E-state index is -0.478. The maximum Gasteiger partial charge on any atom is 0.310 e. The molecule has 1 aliphatic rings. The van der Waals surface area contributed by atoms with E-state index in [2.05, 4.69) is 53.5 Å². The Bertz CT molecular complexity index is 1130. The van der Waals surface area contributed by atoms with Gasteiger partial charge in [-0.05, 0) is 81.8 Å². The van der Waals surface area contributed by atoms with Gasteiger partial charge in [0.25, 0.3) is 0 Å². The average Bonchev–Trinajstić information content (AvgIpc) is 3.58. The van der Waals surface area contributed by atoms with Crippen molar-refractivity contribution >= 4 is 5.97 Å². The molecule has 0 aliphatic heterocycles. The van der Waals surface area contributed by atoms with Crippen LogP contribution in [-0.2, 0) is 22.4 Å². The summed E-state index contributed by atoms with van der Waals surface area (Å²) in [5.74, 6) is 0.667. The predicted octanol–water partition coefficient (Wildman–Crippen LogP) is 5.69. The Morgan fingerprint density at radius 3 is 2.48 bits per heavy atom. The van der Waals surface area contributed by atoms with Crippen LogP contribution in [0.1, 0.15) is 55.5 Å². The van der Waals surface area contributed by atoms with E-state index in [4.69, 9.17) is 9.47 Å². The maximum atomic E-state index is 12.5. The van der Waals surface area contributed by atoms with Crippen LogP contribution < -0.4 is 4.74 Å². The monoisotopic (exact) mass is 444 g/mol. The van der Waals surface area contributed by atoms with Gasteiger partial charge in [0.2, 0.25) is 0 Å². The molecular formula is C28H32N2O3. The van der Waals surface area contributed by atoms with Crippen LogP contribution in [0.25, 0.3) is 11.1 Å². The summed E-state index contributed by atoms with van der Waals surface area (Å²) in [6, 6.07) is 16.8. The number of ether oxygens (including phenoxy) is 2. The molecule has 1 fully saturated rings. The number of benzene rings is 2. The van der Waals surface area contributed by atoms with Crippen LogP contribution in [0.3, 0.4) is 0 Å². The molecule has 2 unspecified atom stereocenters. The van der Waals surface area contributed by atoms with E-state index in [0.29, 0.717) is 0 Å². The standard InChI is InChI=1S/C28H32N2O3/c1-18-6-8-19(9-7-18)10-12-22-14-21(17-29-30-22)20-11-13-26(32-5)24(15-20)23-16-25(23)27(31)33-28(2,3)4/h6-9,11,13-15,17,23,25H,10,12,16H2,1-5H3. The van der Waals surface area contributed by atoms with Gasteiger partial charge in [0.1, 0.15) is 11.4 Å². The average molecular weight is 445 g/mol. The van der Waals surface area contributed by atoms with Crippen molar-refractivity contribution in [2.24, 2.45) is 5.92 Å². The van der Waals surface area contributed by atoms with Gasteiger partial charge in [0.15, 0.2) is 0 Å². The van der Waals surface area contributed by atoms with E-state index >= 15 is 0 Å². The van der Waals surface area contributed by atoms with Crippen molar-refractivity contribution in [2.45, 2.75) is 58.5 Å². The number of aromatic nitrogens is 2. The lowest BCUT2D eigenvalue weighted by molar-refractivity contribution is -0.156.